The quantitative estimate of drug-likeness (QED) is 0.919. The molecule has 1 saturated heterocycles. The molecule has 1 fully saturated rings. The standard InChI is InChI=1S/C16H26N4O/c1-11(2)20-7-5-6-13(10-20)8-14-9-15(16(21)17-4)19-12(3)18-14/h9,11,13H,5-8,10H2,1-4H3,(H,17,21)/t13-/m0/s1. The third-order valence-corrected chi connectivity index (χ3v) is 4.13. The third-order valence-electron chi connectivity index (χ3n) is 4.13. The maximum atomic E-state index is 11.7. The maximum absolute atomic E-state index is 11.7. The molecule has 2 rings (SSSR count). The topological polar surface area (TPSA) is 58.1 Å². The minimum Gasteiger partial charge on any atom is -0.354 e. The molecule has 0 spiro atoms. The lowest BCUT2D eigenvalue weighted by molar-refractivity contribution is 0.0957. The van der Waals surface area contributed by atoms with Crippen molar-refractivity contribution in [3.63, 3.8) is 0 Å². The zero-order valence-corrected chi connectivity index (χ0v) is 13.5. The highest BCUT2D eigenvalue weighted by Crippen LogP contribution is 2.21. The number of hydrogen-bond acceptors (Lipinski definition) is 4. The molecular formula is C16H26N4O. The third kappa shape index (κ3) is 4.24. The second-order valence-electron chi connectivity index (χ2n) is 6.17. The fraction of sp³-hybridized carbons (Fsp3) is 0.688. The van der Waals surface area contributed by atoms with E-state index in [1.54, 1.807) is 7.05 Å². The summed E-state index contributed by atoms with van der Waals surface area (Å²) in [6.07, 6.45) is 3.41. The number of carbonyl (C=O) groups is 1. The van der Waals surface area contributed by atoms with Crippen LogP contribution in [-0.4, -0.2) is 47.0 Å². The number of rotatable bonds is 4. The lowest BCUT2D eigenvalue weighted by atomic mass is 9.92. The smallest absolute Gasteiger partial charge is 0.269 e. The molecule has 0 aromatic carbocycles. The van der Waals surface area contributed by atoms with Crippen molar-refractivity contribution in [2.75, 3.05) is 20.1 Å². The van der Waals surface area contributed by atoms with Crippen LogP contribution < -0.4 is 5.32 Å². The number of likely N-dealkylation sites (tertiary alicyclic amines) is 1. The van der Waals surface area contributed by atoms with Crippen molar-refractivity contribution in [2.45, 2.75) is 46.1 Å². The molecule has 1 aromatic heterocycles. The largest absolute Gasteiger partial charge is 0.354 e. The summed E-state index contributed by atoms with van der Waals surface area (Å²) < 4.78 is 0. The molecule has 1 atom stereocenters. The van der Waals surface area contributed by atoms with Crippen LogP contribution in [0.1, 0.15) is 48.7 Å². The van der Waals surface area contributed by atoms with Gasteiger partial charge in [-0.2, -0.15) is 0 Å². The van der Waals surface area contributed by atoms with Gasteiger partial charge >= 0.3 is 0 Å². The van der Waals surface area contributed by atoms with Crippen LogP contribution in [0.5, 0.6) is 0 Å². The number of nitrogens with one attached hydrogen (secondary N) is 1. The number of carbonyl (C=O) groups excluding carboxylic acids is 1. The van der Waals surface area contributed by atoms with E-state index in [1.165, 1.54) is 19.4 Å². The molecule has 0 bridgehead atoms. The SMILES string of the molecule is CNC(=O)c1cc(C[C@@H]2CCCN(C(C)C)C2)nc(C)n1. The van der Waals surface area contributed by atoms with E-state index in [2.05, 4.69) is 34.0 Å². The molecule has 1 aliphatic rings. The molecule has 21 heavy (non-hydrogen) atoms. The molecule has 116 valence electrons. The molecule has 1 N–H and O–H groups in total. The number of aryl methyl sites for hydroxylation is 1. The molecule has 0 unspecified atom stereocenters. The summed E-state index contributed by atoms with van der Waals surface area (Å²) in [5.41, 5.74) is 1.45. The molecule has 0 saturated carbocycles. The van der Waals surface area contributed by atoms with Gasteiger partial charge in [-0.1, -0.05) is 0 Å². The predicted molar refractivity (Wildman–Crippen MR) is 83.3 cm³/mol. The van der Waals surface area contributed by atoms with E-state index in [-0.39, 0.29) is 5.91 Å². The number of hydrogen-bond donors (Lipinski definition) is 1. The average molecular weight is 290 g/mol. The van der Waals surface area contributed by atoms with Gasteiger partial charge in [0.15, 0.2) is 0 Å². The van der Waals surface area contributed by atoms with E-state index in [0.717, 1.165) is 18.7 Å². The van der Waals surface area contributed by atoms with E-state index in [9.17, 15) is 4.79 Å². The van der Waals surface area contributed by atoms with E-state index < -0.39 is 0 Å². The van der Waals surface area contributed by atoms with E-state index >= 15 is 0 Å². The molecule has 5 nitrogen and oxygen atoms in total. The number of aromatic nitrogens is 2. The molecule has 0 aliphatic carbocycles. The first-order chi connectivity index (χ1) is 9.99. The van der Waals surface area contributed by atoms with Crippen LogP contribution in [0.3, 0.4) is 0 Å². The Morgan fingerprint density at radius 1 is 1.48 bits per heavy atom. The number of amides is 1. The van der Waals surface area contributed by atoms with Gasteiger partial charge in [0.25, 0.3) is 5.91 Å². The van der Waals surface area contributed by atoms with Crippen LogP contribution in [0.25, 0.3) is 0 Å². The summed E-state index contributed by atoms with van der Waals surface area (Å²) >= 11 is 0. The number of nitrogens with zero attached hydrogens (tertiary/aromatic N) is 3. The van der Waals surface area contributed by atoms with Gasteiger partial charge in [-0.15, -0.1) is 0 Å². The summed E-state index contributed by atoms with van der Waals surface area (Å²) in [5, 5.41) is 2.62. The minimum absolute atomic E-state index is 0.144. The molecule has 0 radical (unpaired) electrons. The Balaban J connectivity index is 2.08. The van der Waals surface area contributed by atoms with Crippen LogP contribution in [0.4, 0.5) is 0 Å². The van der Waals surface area contributed by atoms with E-state index in [1.807, 2.05) is 13.0 Å². The van der Waals surface area contributed by atoms with Gasteiger partial charge < -0.3 is 10.2 Å². The predicted octanol–water partition coefficient (Wildman–Crippen LogP) is 1.81. The normalized spacial score (nSPS) is 19.8. The highest BCUT2D eigenvalue weighted by atomic mass is 16.1. The zero-order valence-electron chi connectivity index (χ0n) is 13.5. The van der Waals surface area contributed by atoms with Gasteiger partial charge in [-0.25, -0.2) is 9.97 Å². The Bertz CT molecular complexity index is 501. The van der Waals surface area contributed by atoms with Crippen molar-refractivity contribution in [1.82, 2.24) is 20.2 Å². The Kier molecular flexibility index (Phi) is 5.28. The highest BCUT2D eigenvalue weighted by Gasteiger charge is 2.22. The van der Waals surface area contributed by atoms with Crippen molar-refractivity contribution in [2.24, 2.45) is 5.92 Å². The van der Waals surface area contributed by atoms with Gasteiger partial charge in [0.2, 0.25) is 0 Å². The van der Waals surface area contributed by atoms with Crippen molar-refractivity contribution >= 4 is 5.91 Å². The summed E-state index contributed by atoms with van der Waals surface area (Å²) in [6, 6.07) is 2.43. The lowest BCUT2D eigenvalue weighted by Gasteiger charge is -2.35. The van der Waals surface area contributed by atoms with Gasteiger partial charge in [0.05, 0.1) is 0 Å². The monoisotopic (exact) mass is 290 g/mol. The van der Waals surface area contributed by atoms with Crippen molar-refractivity contribution in [1.29, 1.82) is 0 Å². The first-order valence-corrected chi connectivity index (χ1v) is 7.80. The fourth-order valence-electron chi connectivity index (χ4n) is 3.01. The molecular weight excluding hydrogens is 264 g/mol. The second kappa shape index (κ2) is 6.98. The first-order valence-electron chi connectivity index (χ1n) is 7.80. The zero-order chi connectivity index (χ0) is 15.4. The maximum Gasteiger partial charge on any atom is 0.269 e. The molecule has 1 aromatic rings. The van der Waals surface area contributed by atoms with Gasteiger partial charge in [-0.3, -0.25) is 4.79 Å². The van der Waals surface area contributed by atoms with Gasteiger partial charge in [0, 0.05) is 25.3 Å². The van der Waals surface area contributed by atoms with E-state index in [0.29, 0.717) is 23.5 Å². The highest BCUT2D eigenvalue weighted by molar-refractivity contribution is 5.92. The van der Waals surface area contributed by atoms with E-state index in [4.69, 9.17) is 0 Å². The molecule has 2 heterocycles. The van der Waals surface area contributed by atoms with Crippen LogP contribution in [0, 0.1) is 12.8 Å². The Labute approximate surface area is 127 Å². The summed E-state index contributed by atoms with van der Waals surface area (Å²) in [7, 11) is 1.63. The van der Waals surface area contributed by atoms with Crippen molar-refractivity contribution in [3.8, 4) is 0 Å². The Morgan fingerprint density at radius 3 is 2.90 bits per heavy atom. The van der Waals surface area contributed by atoms with Crippen LogP contribution in [-0.2, 0) is 6.42 Å². The van der Waals surface area contributed by atoms with Crippen LogP contribution in [0.15, 0.2) is 6.07 Å². The molecule has 1 amide bonds. The van der Waals surface area contributed by atoms with Crippen LogP contribution >= 0.6 is 0 Å². The molecule has 5 heteroatoms. The van der Waals surface area contributed by atoms with Crippen LogP contribution in [0.2, 0.25) is 0 Å². The first kappa shape index (κ1) is 15.9. The number of piperidine rings is 1. The van der Waals surface area contributed by atoms with Gasteiger partial charge in [-0.05, 0) is 58.6 Å². The minimum atomic E-state index is -0.144. The average Bonchev–Trinajstić information content (AvgIpc) is 2.46. The van der Waals surface area contributed by atoms with Gasteiger partial charge in [0.1, 0.15) is 11.5 Å². The Morgan fingerprint density at radius 2 is 2.24 bits per heavy atom. The fourth-order valence-corrected chi connectivity index (χ4v) is 3.01. The molecule has 1 aliphatic heterocycles. The Hall–Kier alpha value is -1.49. The lowest BCUT2D eigenvalue weighted by Crippen LogP contribution is -2.40. The summed E-state index contributed by atoms with van der Waals surface area (Å²) in [4.78, 5) is 23.0. The van der Waals surface area contributed by atoms with Crippen molar-refractivity contribution in [3.05, 3.63) is 23.3 Å². The summed E-state index contributed by atoms with van der Waals surface area (Å²) in [5.74, 6) is 1.14. The second-order valence-corrected chi connectivity index (χ2v) is 6.17. The van der Waals surface area contributed by atoms with Crippen molar-refractivity contribution < 1.29 is 4.79 Å². The summed E-state index contributed by atoms with van der Waals surface area (Å²) in [6.45, 7) is 8.66.